The van der Waals surface area contributed by atoms with Crippen LogP contribution in [0.3, 0.4) is 0 Å². The van der Waals surface area contributed by atoms with E-state index < -0.39 is 18.0 Å². The maximum atomic E-state index is 13.0. The van der Waals surface area contributed by atoms with Crippen molar-refractivity contribution in [2.75, 3.05) is 5.32 Å². The van der Waals surface area contributed by atoms with Crippen LogP contribution in [0.1, 0.15) is 22.6 Å². The molecule has 0 bridgehead atoms. The highest BCUT2D eigenvalue weighted by molar-refractivity contribution is 7.19. The zero-order chi connectivity index (χ0) is 17.3. The number of amides is 1. The van der Waals surface area contributed by atoms with E-state index in [-0.39, 0.29) is 16.5 Å². The van der Waals surface area contributed by atoms with Crippen LogP contribution < -0.4 is 10.9 Å². The molecule has 0 aliphatic rings. The van der Waals surface area contributed by atoms with Crippen molar-refractivity contribution in [1.29, 1.82) is 0 Å². The van der Waals surface area contributed by atoms with Crippen molar-refractivity contribution in [2.24, 2.45) is 0 Å². The fraction of sp³-hybridized carbons (Fsp3) is 0.143. The van der Waals surface area contributed by atoms with Crippen LogP contribution in [0.25, 0.3) is 10.7 Å². The van der Waals surface area contributed by atoms with Crippen LogP contribution in [-0.2, 0) is 0 Å². The number of imidazole rings is 1. The summed E-state index contributed by atoms with van der Waals surface area (Å²) in [6.07, 6.45) is 3.85. The number of nitrogens with one attached hydrogen (secondary N) is 2. The monoisotopic (exact) mass is 351 g/mol. The Hall–Kier alpha value is -2.88. The average molecular weight is 351 g/mol. The van der Waals surface area contributed by atoms with Gasteiger partial charge < -0.3 is 4.98 Å². The van der Waals surface area contributed by atoms with Crippen LogP contribution >= 0.6 is 11.3 Å². The van der Waals surface area contributed by atoms with Crippen molar-refractivity contribution in [3.8, 4) is 10.7 Å². The lowest BCUT2D eigenvalue weighted by molar-refractivity contribution is 0.0720. The highest BCUT2D eigenvalue weighted by Gasteiger charge is 2.20. The number of carbonyl (C=O) groups is 1. The topological polar surface area (TPSA) is 92.7 Å². The van der Waals surface area contributed by atoms with Gasteiger partial charge in [-0.15, -0.1) is 0 Å². The Morgan fingerprint density at radius 1 is 1.46 bits per heavy atom. The van der Waals surface area contributed by atoms with Crippen LogP contribution in [-0.4, -0.2) is 25.4 Å². The third kappa shape index (κ3) is 2.95. The van der Waals surface area contributed by atoms with E-state index in [0.29, 0.717) is 15.1 Å². The number of carbonyl (C=O) groups excluding carboxylic acids is 1. The number of hydrogen-bond acceptors (Lipinski definition) is 5. The van der Waals surface area contributed by atoms with Gasteiger partial charge in [0.25, 0.3) is 11.5 Å². The maximum Gasteiger partial charge on any atom is 0.320 e. The molecule has 0 aliphatic carbocycles. The van der Waals surface area contributed by atoms with Crippen molar-refractivity contribution < 1.29 is 13.6 Å². The van der Waals surface area contributed by atoms with Crippen LogP contribution in [0.15, 0.2) is 35.5 Å². The Morgan fingerprint density at radius 3 is 2.96 bits per heavy atom. The molecule has 0 fully saturated rings. The molecular weight excluding hydrogens is 340 g/mol. The molecule has 10 heteroatoms. The van der Waals surface area contributed by atoms with Crippen molar-refractivity contribution in [1.82, 2.24) is 19.5 Å². The van der Waals surface area contributed by atoms with Gasteiger partial charge in [0.1, 0.15) is 5.56 Å². The second-order valence-corrected chi connectivity index (χ2v) is 5.74. The molecule has 0 aromatic carbocycles. The van der Waals surface area contributed by atoms with Crippen LogP contribution in [0.4, 0.5) is 13.9 Å². The number of anilines is 1. The van der Waals surface area contributed by atoms with Gasteiger partial charge in [-0.3, -0.25) is 19.5 Å². The van der Waals surface area contributed by atoms with E-state index in [4.69, 9.17) is 0 Å². The molecule has 3 heterocycles. The molecule has 2 N–H and O–H groups in total. The molecule has 3 aromatic heterocycles. The smallest absolute Gasteiger partial charge is 0.320 e. The van der Waals surface area contributed by atoms with E-state index in [1.807, 2.05) is 0 Å². The number of hydrogen-bond donors (Lipinski definition) is 2. The van der Waals surface area contributed by atoms with E-state index in [1.165, 1.54) is 30.7 Å². The lowest BCUT2D eigenvalue weighted by Crippen LogP contribution is -2.22. The quantitative estimate of drug-likeness (QED) is 0.756. The molecule has 0 radical (unpaired) electrons. The number of thiazole rings is 1. The second kappa shape index (κ2) is 6.32. The predicted octanol–water partition coefficient (Wildman–Crippen LogP) is 2.65. The molecule has 7 nitrogen and oxygen atoms in total. The van der Waals surface area contributed by atoms with Gasteiger partial charge in [0.05, 0.1) is 10.6 Å². The summed E-state index contributed by atoms with van der Waals surface area (Å²) in [4.78, 5) is 34.6. The van der Waals surface area contributed by atoms with E-state index in [9.17, 15) is 18.4 Å². The van der Waals surface area contributed by atoms with Gasteiger partial charge in [0, 0.05) is 18.6 Å². The molecule has 0 unspecified atom stereocenters. The van der Waals surface area contributed by atoms with Gasteiger partial charge in [-0.2, -0.15) is 8.78 Å². The maximum absolute atomic E-state index is 13.0. The summed E-state index contributed by atoms with van der Waals surface area (Å²) >= 11 is 1.01. The first-order valence-electron chi connectivity index (χ1n) is 6.75. The van der Waals surface area contributed by atoms with Crippen LogP contribution in [0.2, 0.25) is 0 Å². The highest BCUT2D eigenvalue weighted by Crippen LogP contribution is 2.33. The molecule has 0 aliphatic heterocycles. The highest BCUT2D eigenvalue weighted by atomic mass is 32.1. The van der Waals surface area contributed by atoms with E-state index in [1.54, 1.807) is 6.92 Å². The Labute approximate surface area is 138 Å². The third-order valence-electron chi connectivity index (χ3n) is 3.16. The van der Waals surface area contributed by atoms with Crippen molar-refractivity contribution in [3.05, 3.63) is 52.3 Å². The van der Waals surface area contributed by atoms with Crippen LogP contribution in [0.5, 0.6) is 0 Å². The first-order valence-corrected chi connectivity index (χ1v) is 7.57. The zero-order valence-electron chi connectivity index (χ0n) is 12.3. The Balaban J connectivity index is 1.90. The third-order valence-corrected chi connectivity index (χ3v) is 4.23. The standard InChI is InChI=1S/C14H11F2N5O2S/c1-7-9(10-17-5-6-21(10)13(15)16)24-14(19-7)20-12(23)8-3-2-4-18-11(8)22/h2-6,13H,1H3,(H,18,22)(H,19,20,23). The number of halogens is 2. The lowest BCUT2D eigenvalue weighted by atomic mass is 10.3. The number of aromatic nitrogens is 4. The molecule has 0 saturated carbocycles. The number of H-pyrrole nitrogens is 1. The summed E-state index contributed by atoms with van der Waals surface area (Å²) in [6.45, 7) is -1.11. The van der Waals surface area contributed by atoms with E-state index in [2.05, 4.69) is 20.3 Å². The zero-order valence-corrected chi connectivity index (χ0v) is 13.1. The van der Waals surface area contributed by atoms with E-state index >= 15 is 0 Å². The van der Waals surface area contributed by atoms with Crippen LogP contribution in [0, 0.1) is 6.92 Å². The fourth-order valence-corrected chi connectivity index (χ4v) is 3.03. The van der Waals surface area contributed by atoms with Crippen molar-refractivity contribution in [2.45, 2.75) is 13.5 Å². The predicted molar refractivity (Wildman–Crippen MR) is 84.3 cm³/mol. The number of rotatable bonds is 4. The minimum absolute atomic E-state index is 0.0676. The number of alkyl halides is 2. The summed E-state index contributed by atoms with van der Waals surface area (Å²) in [5.74, 6) is -0.563. The Bertz CT molecular complexity index is 947. The number of nitrogens with zero attached hydrogens (tertiary/aromatic N) is 3. The molecule has 0 atom stereocenters. The number of pyridine rings is 1. The normalized spacial score (nSPS) is 11.0. The average Bonchev–Trinajstić information content (AvgIpc) is 3.14. The molecule has 24 heavy (non-hydrogen) atoms. The van der Waals surface area contributed by atoms with Gasteiger partial charge in [0.15, 0.2) is 11.0 Å². The molecule has 124 valence electrons. The van der Waals surface area contributed by atoms with Crippen molar-refractivity contribution in [3.63, 3.8) is 0 Å². The molecule has 3 rings (SSSR count). The van der Waals surface area contributed by atoms with Crippen molar-refractivity contribution >= 4 is 22.4 Å². The summed E-state index contributed by atoms with van der Waals surface area (Å²) < 4.78 is 26.6. The molecule has 0 spiro atoms. The van der Waals surface area contributed by atoms with Gasteiger partial charge in [-0.05, 0) is 19.1 Å². The second-order valence-electron chi connectivity index (χ2n) is 4.74. The van der Waals surface area contributed by atoms with Gasteiger partial charge in [0.2, 0.25) is 0 Å². The minimum atomic E-state index is -2.73. The Kier molecular flexibility index (Phi) is 4.21. The first-order chi connectivity index (χ1) is 11.5. The number of aryl methyl sites for hydroxylation is 1. The molecule has 3 aromatic rings. The van der Waals surface area contributed by atoms with Gasteiger partial charge in [-0.25, -0.2) is 9.97 Å². The molecular formula is C14H11F2N5O2S. The van der Waals surface area contributed by atoms with Gasteiger partial charge >= 0.3 is 6.55 Å². The summed E-state index contributed by atoms with van der Waals surface area (Å²) in [5.41, 5.74) is -0.150. The molecule has 1 amide bonds. The molecule has 0 saturated heterocycles. The largest absolute Gasteiger partial charge is 0.328 e. The Morgan fingerprint density at radius 2 is 2.25 bits per heavy atom. The number of aromatic amines is 1. The SMILES string of the molecule is Cc1nc(NC(=O)c2ccc[nH]c2=O)sc1-c1nccn1C(F)F. The summed E-state index contributed by atoms with van der Waals surface area (Å²) in [6, 6.07) is 2.90. The minimum Gasteiger partial charge on any atom is -0.328 e. The fourth-order valence-electron chi connectivity index (χ4n) is 2.07. The summed E-state index contributed by atoms with van der Waals surface area (Å²) in [5, 5.41) is 2.69. The van der Waals surface area contributed by atoms with Gasteiger partial charge in [-0.1, -0.05) is 11.3 Å². The first kappa shape index (κ1) is 16.0. The van der Waals surface area contributed by atoms with E-state index in [0.717, 1.165) is 11.3 Å². The lowest BCUT2D eigenvalue weighted by Gasteiger charge is -2.04. The summed E-state index contributed by atoms with van der Waals surface area (Å²) in [7, 11) is 0.